The fourth-order valence-electron chi connectivity index (χ4n) is 2.45. The molecule has 0 radical (unpaired) electrons. The van der Waals surface area contributed by atoms with Gasteiger partial charge in [-0.05, 0) is 38.8 Å². The van der Waals surface area contributed by atoms with Gasteiger partial charge in [-0.3, -0.25) is 4.90 Å². The highest BCUT2D eigenvalue weighted by atomic mass is 16.3. The first kappa shape index (κ1) is 9.44. The Morgan fingerprint density at radius 3 is 2.38 bits per heavy atom. The topological polar surface area (TPSA) is 35.5 Å². The molecule has 13 heavy (non-hydrogen) atoms. The molecule has 0 aliphatic carbocycles. The molecule has 0 aromatic rings. The van der Waals surface area contributed by atoms with Crippen LogP contribution in [0.1, 0.15) is 25.7 Å². The number of hydrogen-bond acceptors (Lipinski definition) is 3. The Bertz CT molecular complexity index is 151. The van der Waals surface area contributed by atoms with E-state index in [9.17, 15) is 5.11 Å². The van der Waals surface area contributed by atoms with E-state index in [1.54, 1.807) is 0 Å². The third-order valence-corrected chi connectivity index (χ3v) is 3.32. The van der Waals surface area contributed by atoms with Gasteiger partial charge in [-0.25, -0.2) is 0 Å². The van der Waals surface area contributed by atoms with Gasteiger partial charge in [-0.15, -0.1) is 0 Å². The smallest absolute Gasteiger partial charge is 0.110 e. The highest BCUT2D eigenvalue weighted by Crippen LogP contribution is 2.22. The first-order chi connectivity index (χ1) is 6.38. The van der Waals surface area contributed by atoms with Crippen LogP contribution in [-0.2, 0) is 0 Å². The molecule has 3 nitrogen and oxygen atoms in total. The van der Waals surface area contributed by atoms with E-state index in [-0.39, 0.29) is 6.23 Å². The number of hydrogen-bond donors (Lipinski definition) is 2. The van der Waals surface area contributed by atoms with Crippen molar-refractivity contribution in [2.45, 2.75) is 31.9 Å². The van der Waals surface area contributed by atoms with E-state index in [1.807, 2.05) is 0 Å². The van der Waals surface area contributed by atoms with E-state index < -0.39 is 0 Å². The fraction of sp³-hybridized carbons (Fsp3) is 1.00. The molecule has 0 aromatic carbocycles. The molecule has 2 rings (SSSR count). The molecule has 2 fully saturated rings. The molecule has 2 aliphatic rings. The lowest BCUT2D eigenvalue weighted by Crippen LogP contribution is -2.43. The SMILES string of the molecule is OC(C1CCNCC1)N1CCCC1. The molecule has 0 bridgehead atoms. The summed E-state index contributed by atoms with van der Waals surface area (Å²) >= 11 is 0. The lowest BCUT2D eigenvalue weighted by atomic mass is 9.95. The van der Waals surface area contributed by atoms with Crippen molar-refractivity contribution in [1.29, 1.82) is 0 Å². The Balaban J connectivity index is 1.83. The van der Waals surface area contributed by atoms with Crippen LogP contribution in [0.25, 0.3) is 0 Å². The molecule has 0 aromatic heterocycles. The monoisotopic (exact) mass is 184 g/mol. The Kier molecular flexibility index (Phi) is 3.19. The van der Waals surface area contributed by atoms with Crippen LogP contribution in [0.5, 0.6) is 0 Å². The van der Waals surface area contributed by atoms with Gasteiger partial charge in [0.1, 0.15) is 6.23 Å². The normalized spacial score (nSPS) is 29.3. The summed E-state index contributed by atoms with van der Waals surface area (Å²) < 4.78 is 0. The van der Waals surface area contributed by atoms with Crippen LogP contribution in [0.2, 0.25) is 0 Å². The maximum Gasteiger partial charge on any atom is 0.110 e. The molecule has 2 N–H and O–H groups in total. The summed E-state index contributed by atoms with van der Waals surface area (Å²) in [6.45, 7) is 4.36. The van der Waals surface area contributed by atoms with Crippen LogP contribution >= 0.6 is 0 Å². The van der Waals surface area contributed by atoms with E-state index in [2.05, 4.69) is 10.2 Å². The number of rotatable bonds is 2. The molecule has 0 spiro atoms. The summed E-state index contributed by atoms with van der Waals surface area (Å²) in [4.78, 5) is 2.25. The largest absolute Gasteiger partial charge is 0.378 e. The van der Waals surface area contributed by atoms with Crippen molar-refractivity contribution in [3.05, 3.63) is 0 Å². The first-order valence-electron chi connectivity index (χ1n) is 5.51. The van der Waals surface area contributed by atoms with Gasteiger partial charge in [0.15, 0.2) is 0 Å². The van der Waals surface area contributed by atoms with Gasteiger partial charge < -0.3 is 10.4 Å². The van der Waals surface area contributed by atoms with Crippen molar-refractivity contribution in [2.75, 3.05) is 26.2 Å². The summed E-state index contributed by atoms with van der Waals surface area (Å²) in [5.41, 5.74) is 0. The zero-order valence-electron chi connectivity index (χ0n) is 8.21. The molecule has 2 aliphatic heterocycles. The molecule has 2 heterocycles. The minimum atomic E-state index is -0.162. The molecule has 1 atom stereocenters. The third-order valence-electron chi connectivity index (χ3n) is 3.32. The van der Waals surface area contributed by atoms with E-state index in [1.165, 1.54) is 12.8 Å². The van der Waals surface area contributed by atoms with Gasteiger partial charge in [0.05, 0.1) is 0 Å². The van der Waals surface area contributed by atoms with Crippen LogP contribution in [0.15, 0.2) is 0 Å². The lowest BCUT2D eigenvalue weighted by molar-refractivity contribution is -0.0357. The van der Waals surface area contributed by atoms with Gasteiger partial charge in [-0.2, -0.15) is 0 Å². The lowest BCUT2D eigenvalue weighted by Gasteiger charge is -2.32. The molecule has 3 heteroatoms. The zero-order chi connectivity index (χ0) is 9.10. The van der Waals surface area contributed by atoms with Gasteiger partial charge in [-0.1, -0.05) is 0 Å². The highest BCUT2D eigenvalue weighted by molar-refractivity contribution is 4.78. The Morgan fingerprint density at radius 2 is 1.77 bits per heavy atom. The summed E-state index contributed by atoms with van der Waals surface area (Å²) in [5, 5.41) is 13.4. The van der Waals surface area contributed by atoms with Gasteiger partial charge in [0.25, 0.3) is 0 Å². The Labute approximate surface area is 80.1 Å². The maximum absolute atomic E-state index is 10.1. The minimum Gasteiger partial charge on any atom is -0.378 e. The molecular weight excluding hydrogens is 164 g/mol. The van der Waals surface area contributed by atoms with Gasteiger partial charge in [0.2, 0.25) is 0 Å². The predicted octanol–water partition coefficient (Wildman–Crippen LogP) is 0.400. The molecule has 0 amide bonds. The summed E-state index contributed by atoms with van der Waals surface area (Å²) in [6.07, 6.45) is 4.64. The average Bonchev–Trinajstić information content (AvgIpc) is 2.71. The third kappa shape index (κ3) is 2.22. The minimum absolute atomic E-state index is 0.162. The highest BCUT2D eigenvalue weighted by Gasteiger charge is 2.28. The summed E-state index contributed by atoms with van der Waals surface area (Å²) in [7, 11) is 0. The number of likely N-dealkylation sites (tertiary alicyclic amines) is 1. The van der Waals surface area contributed by atoms with Crippen LogP contribution in [0.4, 0.5) is 0 Å². The summed E-state index contributed by atoms with van der Waals surface area (Å²) in [5.74, 6) is 0.513. The first-order valence-corrected chi connectivity index (χ1v) is 5.51. The van der Waals surface area contributed by atoms with Crippen molar-refractivity contribution in [3.63, 3.8) is 0 Å². The average molecular weight is 184 g/mol. The second kappa shape index (κ2) is 4.40. The standard InChI is InChI=1S/C10H20N2O/c13-10(12-7-1-2-8-12)9-3-5-11-6-4-9/h9-11,13H,1-8H2. The van der Waals surface area contributed by atoms with E-state index >= 15 is 0 Å². The predicted molar refractivity (Wildman–Crippen MR) is 52.4 cm³/mol. The van der Waals surface area contributed by atoms with E-state index in [0.29, 0.717) is 5.92 Å². The van der Waals surface area contributed by atoms with Crippen LogP contribution in [-0.4, -0.2) is 42.4 Å². The fourth-order valence-corrected chi connectivity index (χ4v) is 2.45. The zero-order valence-corrected chi connectivity index (χ0v) is 8.21. The summed E-state index contributed by atoms with van der Waals surface area (Å²) in [6, 6.07) is 0. The van der Waals surface area contributed by atoms with Crippen molar-refractivity contribution in [1.82, 2.24) is 10.2 Å². The molecule has 1 unspecified atom stereocenters. The van der Waals surface area contributed by atoms with E-state index in [0.717, 1.165) is 39.0 Å². The van der Waals surface area contributed by atoms with Crippen molar-refractivity contribution < 1.29 is 5.11 Å². The maximum atomic E-state index is 10.1. The second-order valence-electron chi connectivity index (χ2n) is 4.24. The van der Waals surface area contributed by atoms with Crippen LogP contribution < -0.4 is 5.32 Å². The molecular formula is C10H20N2O. The van der Waals surface area contributed by atoms with Crippen molar-refractivity contribution >= 4 is 0 Å². The molecule has 76 valence electrons. The molecule has 0 saturated carbocycles. The quantitative estimate of drug-likeness (QED) is 0.652. The Hall–Kier alpha value is -0.120. The number of nitrogens with zero attached hydrogens (tertiary/aromatic N) is 1. The number of aliphatic hydroxyl groups excluding tert-OH is 1. The number of aliphatic hydroxyl groups is 1. The van der Waals surface area contributed by atoms with Gasteiger partial charge in [0, 0.05) is 19.0 Å². The van der Waals surface area contributed by atoms with Gasteiger partial charge >= 0.3 is 0 Å². The van der Waals surface area contributed by atoms with Crippen molar-refractivity contribution in [2.24, 2.45) is 5.92 Å². The number of nitrogens with one attached hydrogen (secondary N) is 1. The Morgan fingerprint density at radius 1 is 1.15 bits per heavy atom. The van der Waals surface area contributed by atoms with Crippen LogP contribution in [0, 0.1) is 5.92 Å². The second-order valence-corrected chi connectivity index (χ2v) is 4.24. The molecule has 2 saturated heterocycles. The van der Waals surface area contributed by atoms with Crippen molar-refractivity contribution in [3.8, 4) is 0 Å². The number of piperidine rings is 1. The van der Waals surface area contributed by atoms with E-state index in [4.69, 9.17) is 0 Å². The van der Waals surface area contributed by atoms with Crippen LogP contribution in [0.3, 0.4) is 0 Å².